The number of rotatable bonds is 4. The highest BCUT2D eigenvalue weighted by atomic mass is 32.1. The van der Waals surface area contributed by atoms with Crippen molar-refractivity contribution in [3.05, 3.63) is 56.2 Å². The van der Waals surface area contributed by atoms with Crippen molar-refractivity contribution < 1.29 is 9.53 Å². The molecular formula is C23H23N3O3S. The summed E-state index contributed by atoms with van der Waals surface area (Å²) in [6, 6.07) is 8.58. The molecule has 0 saturated heterocycles. The van der Waals surface area contributed by atoms with Gasteiger partial charge in [-0.05, 0) is 56.7 Å². The lowest BCUT2D eigenvalue weighted by Crippen LogP contribution is -2.32. The molecule has 0 saturated carbocycles. The molecule has 1 aliphatic rings. The van der Waals surface area contributed by atoms with Gasteiger partial charge in [0.15, 0.2) is 0 Å². The number of nitrogens with one attached hydrogen (secondary N) is 1. The number of anilines is 1. The summed E-state index contributed by atoms with van der Waals surface area (Å²) in [5.41, 5.74) is 2.79. The predicted molar refractivity (Wildman–Crippen MR) is 119 cm³/mol. The fourth-order valence-electron chi connectivity index (χ4n) is 4.19. The zero-order valence-electron chi connectivity index (χ0n) is 17.2. The number of hydrogen-bond donors (Lipinski definition) is 1. The Labute approximate surface area is 178 Å². The van der Waals surface area contributed by atoms with Crippen molar-refractivity contribution in [2.24, 2.45) is 0 Å². The van der Waals surface area contributed by atoms with Crippen LogP contribution in [0.2, 0.25) is 0 Å². The minimum Gasteiger partial charge on any atom is -0.495 e. The minimum atomic E-state index is -0.775. The van der Waals surface area contributed by atoms with E-state index in [4.69, 9.17) is 4.74 Å². The lowest BCUT2D eigenvalue weighted by Gasteiger charge is -2.20. The van der Waals surface area contributed by atoms with E-state index in [9.17, 15) is 14.9 Å². The van der Waals surface area contributed by atoms with Crippen LogP contribution in [0.25, 0.3) is 10.9 Å². The number of carbonyl (C=O) groups is 1. The predicted octanol–water partition coefficient (Wildman–Crippen LogP) is 4.33. The van der Waals surface area contributed by atoms with Crippen molar-refractivity contribution in [2.75, 3.05) is 12.4 Å². The van der Waals surface area contributed by atoms with Crippen molar-refractivity contribution in [1.29, 1.82) is 5.26 Å². The molecule has 2 aromatic heterocycles. The summed E-state index contributed by atoms with van der Waals surface area (Å²) < 4.78 is 6.95. The number of amides is 1. The number of nitriles is 1. The molecule has 154 valence electrons. The largest absolute Gasteiger partial charge is 0.495 e. The number of carbonyl (C=O) groups excluding carboxylic acids is 1. The summed E-state index contributed by atoms with van der Waals surface area (Å²) in [6.45, 7) is 3.56. The molecule has 4 rings (SSSR count). The van der Waals surface area contributed by atoms with Crippen molar-refractivity contribution >= 4 is 33.1 Å². The van der Waals surface area contributed by atoms with Crippen LogP contribution in [0.5, 0.6) is 5.75 Å². The maximum atomic E-state index is 13.2. The number of methoxy groups -OCH3 is 1. The molecule has 1 aromatic carbocycles. The fraction of sp³-hybridized carbons (Fsp3) is 0.348. The number of ether oxygens (including phenoxy) is 1. The molecule has 0 radical (unpaired) electrons. The highest BCUT2D eigenvalue weighted by Gasteiger charge is 2.25. The van der Waals surface area contributed by atoms with Crippen LogP contribution in [-0.4, -0.2) is 17.6 Å². The Kier molecular flexibility index (Phi) is 5.35. The zero-order chi connectivity index (χ0) is 21.4. The third-order valence-corrected chi connectivity index (χ3v) is 6.96. The van der Waals surface area contributed by atoms with E-state index in [1.165, 1.54) is 26.8 Å². The molecule has 30 heavy (non-hydrogen) atoms. The third-order valence-electron chi connectivity index (χ3n) is 5.75. The van der Waals surface area contributed by atoms with Gasteiger partial charge in [0, 0.05) is 16.3 Å². The van der Waals surface area contributed by atoms with E-state index in [2.05, 4.69) is 11.4 Å². The van der Waals surface area contributed by atoms with Crippen LogP contribution in [0.1, 0.15) is 47.4 Å². The van der Waals surface area contributed by atoms with Gasteiger partial charge in [0.05, 0.1) is 18.2 Å². The molecule has 0 fully saturated rings. The first-order valence-electron chi connectivity index (χ1n) is 10.0. The summed E-state index contributed by atoms with van der Waals surface area (Å²) in [4.78, 5) is 27.2. The Morgan fingerprint density at radius 2 is 2.10 bits per heavy atom. The van der Waals surface area contributed by atoms with Gasteiger partial charge in [-0.15, -0.1) is 11.3 Å². The second-order valence-electron chi connectivity index (χ2n) is 7.58. The standard InChI is InChI=1S/C23H23N3O3S/c1-13-11-20(27)26(21-15(13)8-6-9-18(21)29-3)14(2)22(28)25-23-17(12-24)16-7-4-5-10-19(16)30-23/h6,8-9,11,14H,4-5,7,10H2,1-3H3,(H,25,28). The van der Waals surface area contributed by atoms with Crippen LogP contribution in [0.15, 0.2) is 29.1 Å². The highest BCUT2D eigenvalue weighted by Crippen LogP contribution is 2.38. The number of para-hydroxylation sites is 1. The van der Waals surface area contributed by atoms with E-state index in [1.54, 1.807) is 20.1 Å². The van der Waals surface area contributed by atoms with Crippen LogP contribution in [0.4, 0.5) is 5.00 Å². The number of aromatic nitrogens is 1. The topological polar surface area (TPSA) is 84.1 Å². The number of nitrogens with zero attached hydrogens (tertiary/aromatic N) is 2. The van der Waals surface area contributed by atoms with Crippen molar-refractivity contribution in [2.45, 2.75) is 45.6 Å². The second-order valence-corrected chi connectivity index (χ2v) is 8.69. The van der Waals surface area contributed by atoms with Crippen LogP contribution in [-0.2, 0) is 17.6 Å². The lowest BCUT2D eigenvalue weighted by molar-refractivity contribution is -0.118. The average molecular weight is 422 g/mol. The molecular weight excluding hydrogens is 398 g/mol. The summed E-state index contributed by atoms with van der Waals surface area (Å²) in [7, 11) is 1.55. The van der Waals surface area contributed by atoms with Crippen LogP contribution < -0.4 is 15.6 Å². The zero-order valence-corrected chi connectivity index (χ0v) is 18.1. The summed E-state index contributed by atoms with van der Waals surface area (Å²) >= 11 is 1.48. The molecule has 0 spiro atoms. The van der Waals surface area contributed by atoms with E-state index in [0.717, 1.165) is 42.2 Å². The molecule has 1 N–H and O–H groups in total. The fourth-order valence-corrected chi connectivity index (χ4v) is 5.43. The molecule has 2 heterocycles. The Hall–Kier alpha value is -3.11. The maximum absolute atomic E-state index is 13.2. The maximum Gasteiger partial charge on any atom is 0.252 e. The van der Waals surface area contributed by atoms with Gasteiger partial charge in [-0.1, -0.05) is 12.1 Å². The molecule has 3 aromatic rings. The molecule has 1 amide bonds. The van der Waals surface area contributed by atoms with Gasteiger partial charge in [-0.25, -0.2) is 0 Å². The first-order valence-corrected chi connectivity index (χ1v) is 10.8. The van der Waals surface area contributed by atoms with Crippen molar-refractivity contribution in [3.63, 3.8) is 0 Å². The molecule has 1 atom stereocenters. The molecule has 0 aliphatic heterocycles. The SMILES string of the molecule is COc1cccc2c(C)cc(=O)n(C(C)C(=O)Nc3sc4c(c3C#N)CCCC4)c12. The monoisotopic (exact) mass is 421 g/mol. The third kappa shape index (κ3) is 3.27. The molecule has 1 aliphatic carbocycles. The van der Waals surface area contributed by atoms with Crippen LogP contribution in [0, 0.1) is 18.3 Å². The molecule has 6 nitrogen and oxygen atoms in total. The van der Waals surface area contributed by atoms with E-state index in [0.29, 0.717) is 21.8 Å². The quantitative estimate of drug-likeness (QED) is 0.680. The first kappa shape index (κ1) is 20.2. The Morgan fingerprint density at radius 1 is 1.33 bits per heavy atom. The van der Waals surface area contributed by atoms with Gasteiger partial charge in [-0.2, -0.15) is 5.26 Å². The van der Waals surface area contributed by atoms with Gasteiger partial charge in [0.1, 0.15) is 22.9 Å². The van der Waals surface area contributed by atoms with Gasteiger partial charge < -0.3 is 10.1 Å². The lowest BCUT2D eigenvalue weighted by atomic mass is 9.96. The van der Waals surface area contributed by atoms with Crippen molar-refractivity contribution in [3.8, 4) is 11.8 Å². The minimum absolute atomic E-state index is 0.266. The number of benzene rings is 1. The number of fused-ring (bicyclic) bond motifs is 2. The molecule has 1 unspecified atom stereocenters. The summed E-state index contributed by atoms with van der Waals surface area (Å²) in [5, 5.41) is 14.0. The Bertz CT molecular complexity index is 1250. The van der Waals surface area contributed by atoms with Crippen molar-refractivity contribution in [1.82, 2.24) is 4.57 Å². The van der Waals surface area contributed by atoms with E-state index < -0.39 is 6.04 Å². The summed E-state index contributed by atoms with van der Waals surface area (Å²) in [5.74, 6) is 0.209. The normalized spacial score (nSPS) is 14.1. The summed E-state index contributed by atoms with van der Waals surface area (Å²) in [6.07, 6.45) is 3.98. The number of aryl methyl sites for hydroxylation is 2. The smallest absolute Gasteiger partial charge is 0.252 e. The molecule has 0 bridgehead atoms. The van der Waals surface area contributed by atoms with Gasteiger partial charge in [0.2, 0.25) is 5.91 Å². The van der Waals surface area contributed by atoms with Crippen LogP contribution in [0.3, 0.4) is 0 Å². The Morgan fingerprint density at radius 3 is 2.83 bits per heavy atom. The van der Waals surface area contributed by atoms with E-state index in [-0.39, 0.29) is 11.5 Å². The first-order chi connectivity index (χ1) is 14.5. The van der Waals surface area contributed by atoms with Gasteiger partial charge in [-0.3, -0.25) is 14.2 Å². The number of thiophene rings is 1. The van der Waals surface area contributed by atoms with E-state index >= 15 is 0 Å². The number of hydrogen-bond acceptors (Lipinski definition) is 5. The van der Waals surface area contributed by atoms with Crippen LogP contribution >= 0.6 is 11.3 Å². The second kappa shape index (κ2) is 7.96. The Balaban J connectivity index is 1.76. The highest BCUT2D eigenvalue weighted by molar-refractivity contribution is 7.16. The molecule has 7 heteroatoms. The number of pyridine rings is 1. The van der Waals surface area contributed by atoms with E-state index in [1.807, 2.05) is 19.1 Å². The average Bonchev–Trinajstić information content (AvgIpc) is 3.10. The van der Waals surface area contributed by atoms with Gasteiger partial charge in [0.25, 0.3) is 5.56 Å². The van der Waals surface area contributed by atoms with Gasteiger partial charge >= 0.3 is 0 Å².